The topological polar surface area (TPSA) is 26.8 Å². The summed E-state index contributed by atoms with van der Waals surface area (Å²) in [5.41, 5.74) is 7.75. The van der Waals surface area contributed by atoms with Gasteiger partial charge in [-0.1, -0.05) is 54.6 Å². The van der Waals surface area contributed by atoms with Gasteiger partial charge in [0.05, 0.1) is 0 Å². The van der Waals surface area contributed by atoms with E-state index in [9.17, 15) is 4.79 Å². The molecule has 0 amide bonds. The Hall–Kier alpha value is -3.21. The van der Waals surface area contributed by atoms with E-state index in [1.807, 2.05) is 44.4 Å². The highest BCUT2D eigenvalue weighted by molar-refractivity contribution is 6.07. The number of hydrogen-bond donors (Lipinski definition) is 0. The highest BCUT2D eigenvalue weighted by Gasteiger charge is 2.16. The van der Waals surface area contributed by atoms with E-state index < -0.39 is 0 Å². The molecule has 1 aliphatic heterocycles. The number of carbonyl (C=O) groups is 1. The van der Waals surface area contributed by atoms with Gasteiger partial charge in [-0.15, -0.1) is 0 Å². The smallest absolute Gasteiger partial charge is 0.186 e. The molecule has 0 aromatic heterocycles. The van der Waals surface area contributed by atoms with Gasteiger partial charge in [-0.05, 0) is 80.2 Å². The molecule has 1 saturated heterocycles. The van der Waals surface area contributed by atoms with E-state index >= 15 is 0 Å². The Morgan fingerprint density at radius 2 is 1.65 bits per heavy atom. The Kier molecular flexibility index (Phi) is 7.61. The second kappa shape index (κ2) is 10.8. The van der Waals surface area contributed by atoms with Crippen molar-refractivity contribution in [2.24, 2.45) is 0 Å². The van der Waals surface area contributed by atoms with E-state index in [-0.39, 0.29) is 5.78 Å². The number of ketones is 1. The van der Waals surface area contributed by atoms with E-state index in [0.29, 0.717) is 0 Å². The van der Waals surface area contributed by atoms with Gasteiger partial charge in [0.1, 0.15) is 0 Å². The largest absolute Gasteiger partial charge is 0.369 e. The third kappa shape index (κ3) is 5.82. The predicted octanol–water partition coefficient (Wildman–Crippen LogP) is 5.37. The number of piperazine rings is 1. The third-order valence-electron chi connectivity index (χ3n) is 6.46. The SMILES string of the molecule is Cc1ccccc1-c1cc(C=CC(=O)c2ccccc2CN(C)C)cc(N2CCN(C)CC2)c1. The van der Waals surface area contributed by atoms with Crippen LogP contribution in [0.2, 0.25) is 0 Å². The molecule has 0 saturated carbocycles. The van der Waals surface area contributed by atoms with Crippen LogP contribution in [-0.4, -0.2) is 62.9 Å². The van der Waals surface area contributed by atoms with Gasteiger partial charge >= 0.3 is 0 Å². The van der Waals surface area contributed by atoms with Crippen LogP contribution in [0.1, 0.15) is 27.0 Å². The molecule has 0 aliphatic carbocycles. The number of hydrogen-bond acceptors (Lipinski definition) is 4. The molecule has 0 spiro atoms. The fourth-order valence-electron chi connectivity index (χ4n) is 4.53. The monoisotopic (exact) mass is 453 g/mol. The summed E-state index contributed by atoms with van der Waals surface area (Å²) in [7, 11) is 6.22. The first-order valence-corrected chi connectivity index (χ1v) is 12.0. The molecule has 0 atom stereocenters. The average molecular weight is 454 g/mol. The van der Waals surface area contributed by atoms with Crippen LogP contribution in [0.15, 0.2) is 72.8 Å². The number of aryl methyl sites for hydroxylation is 1. The number of benzene rings is 3. The molecule has 4 nitrogen and oxygen atoms in total. The minimum atomic E-state index is 0.0416. The fourth-order valence-corrected chi connectivity index (χ4v) is 4.53. The summed E-state index contributed by atoms with van der Waals surface area (Å²) in [6.45, 7) is 7.02. The highest BCUT2D eigenvalue weighted by atomic mass is 16.1. The van der Waals surface area contributed by atoms with E-state index in [4.69, 9.17) is 0 Å². The molecule has 0 radical (unpaired) electrons. The molecule has 4 rings (SSSR count). The van der Waals surface area contributed by atoms with Gasteiger partial charge in [0, 0.05) is 44.0 Å². The van der Waals surface area contributed by atoms with Gasteiger partial charge in [0.15, 0.2) is 5.78 Å². The highest BCUT2D eigenvalue weighted by Crippen LogP contribution is 2.30. The number of allylic oxidation sites excluding steroid dienone is 1. The van der Waals surface area contributed by atoms with Crippen LogP contribution >= 0.6 is 0 Å². The van der Waals surface area contributed by atoms with Crippen molar-refractivity contribution in [3.63, 3.8) is 0 Å². The van der Waals surface area contributed by atoms with Gasteiger partial charge in [0.25, 0.3) is 0 Å². The van der Waals surface area contributed by atoms with Crippen molar-refractivity contribution in [2.45, 2.75) is 13.5 Å². The number of likely N-dealkylation sites (N-methyl/N-ethyl adjacent to an activating group) is 1. The Balaban J connectivity index is 1.68. The molecule has 3 aromatic carbocycles. The standard InChI is InChI=1S/C30H35N3O/c1-23-9-5-7-11-28(23)26-19-24(20-27(21-26)33-17-15-32(4)16-18-33)13-14-30(34)29-12-8-6-10-25(29)22-31(2)3/h5-14,19-21H,15-18,22H2,1-4H3. The second-order valence-corrected chi connectivity index (χ2v) is 9.51. The first-order valence-electron chi connectivity index (χ1n) is 12.0. The van der Waals surface area contributed by atoms with E-state index in [1.165, 1.54) is 22.4 Å². The van der Waals surface area contributed by atoms with Crippen LogP contribution in [0, 0.1) is 6.92 Å². The molecule has 34 heavy (non-hydrogen) atoms. The number of nitrogens with zero attached hydrogens (tertiary/aromatic N) is 3. The first-order chi connectivity index (χ1) is 16.4. The van der Waals surface area contributed by atoms with Crippen LogP contribution in [0.5, 0.6) is 0 Å². The van der Waals surface area contributed by atoms with Gasteiger partial charge in [-0.25, -0.2) is 0 Å². The predicted molar refractivity (Wildman–Crippen MR) is 144 cm³/mol. The van der Waals surface area contributed by atoms with Gasteiger partial charge in [-0.2, -0.15) is 0 Å². The Morgan fingerprint density at radius 1 is 0.941 bits per heavy atom. The summed E-state index contributed by atoms with van der Waals surface area (Å²) in [5.74, 6) is 0.0416. The zero-order valence-corrected chi connectivity index (χ0v) is 20.8. The Labute approximate surface area is 204 Å². The van der Waals surface area contributed by atoms with Crippen molar-refractivity contribution in [3.05, 3.63) is 95.1 Å². The van der Waals surface area contributed by atoms with Crippen molar-refractivity contribution in [2.75, 3.05) is 52.2 Å². The molecule has 176 valence electrons. The molecule has 0 N–H and O–H groups in total. The molecular weight excluding hydrogens is 418 g/mol. The summed E-state index contributed by atoms with van der Waals surface area (Å²) in [6, 6.07) is 23.1. The van der Waals surface area contributed by atoms with Crippen molar-refractivity contribution < 1.29 is 4.79 Å². The van der Waals surface area contributed by atoms with Gasteiger partial charge in [0.2, 0.25) is 0 Å². The van der Waals surface area contributed by atoms with Crippen LogP contribution in [0.3, 0.4) is 0 Å². The maximum Gasteiger partial charge on any atom is 0.186 e. The summed E-state index contributed by atoms with van der Waals surface area (Å²) >= 11 is 0. The molecule has 1 fully saturated rings. The third-order valence-corrected chi connectivity index (χ3v) is 6.46. The molecular formula is C30H35N3O. The molecule has 1 heterocycles. The van der Waals surface area contributed by atoms with E-state index in [2.05, 4.69) is 71.1 Å². The normalized spacial score (nSPS) is 14.8. The lowest BCUT2D eigenvalue weighted by molar-refractivity contribution is 0.104. The summed E-state index contributed by atoms with van der Waals surface area (Å²) in [4.78, 5) is 20.0. The number of anilines is 1. The summed E-state index contributed by atoms with van der Waals surface area (Å²) in [5, 5.41) is 0. The fraction of sp³-hybridized carbons (Fsp3) is 0.300. The minimum absolute atomic E-state index is 0.0416. The first kappa shape index (κ1) is 23.9. The van der Waals surface area contributed by atoms with Crippen molar-refractivity contribution >= 4 is 17.5 Å². The van der Waals surface area contributed by atoms with Gasteiger partial charge in [-0.3, -0.25) is 4.79 Å². The van der Waals surface area contributed by atoms with Crippen molar-refractivity contribution in [3.8, 4) is 11.1 Å². The Morgan fingerprint density at radius 3 is 2.38 bits per heavy atom. The second-order valence-electron chi connectivity index (χ2n) is 9.51. The average Bonchev–Trinajstić information content (AvgIpc) is 2.83. The maximum atomic E-state index is 13.1. The van der Waals surface area contributed by atoms with E-state index in [0.717, 1.165) is 49.4 Å². The maximum absolute atomic E-state index is 13.1. The van der Waals surface area contributed by atoms with Crippen LogP contribution < -0.4 is 4.90 Å². The lowest BCUT2D eigenvalue weighted by atomic mass is 9.97. The summed E-state index contributed by atoms with van der Waals surface area (Å²) < 4.78 is 0. The number of carbonyl (C=O) groups excluding carboxylic acids is 1. The lowest BCUT2D eigenvalue weighted by Crippen LogP contribution is -2.44. The van der Waals surface area contributed by atoms with Crippen LogP contribution in [0.25, 0.3) is 17.2 Å². The van der Waals surface area contributed by atoms with Crippen LogP contribution in [0.4, 0.5) is 5.69 Å². The lowest BCUT2D eigenvalue weighted by Gasteiger charge is -2.34. The quantitative estimate of drug-likeness (QED) is 0.355. The minimum Gasteiger partial charge on any atom is -0.369 e. The number of rotatable bonds is 7. The summed E-state index contributed by atoms with van der Waals surface area (Å²) in [6.07, 6.45) is 3.69. The van der Waals surface area contributed by atoms with Crippen molar-refractivity contribution in [1.29, 1.82) is 0 Å². The van der Waals surface area contributed by atoms with E-state index in [1.54, 1.807) is 6.08 Å². The molecule has 3 aromatic rings. The van der Waals surface area contributed by atoms with Crippen molar-refractivity contribution in [1.82, 2.24) is 9.80 Å². The zero-order valence-electron chi connectivity index (χ0n) is 20.8. The molecule has 0 unspecified atom stereocenters. The Bertz CT molecular complexity index is 1170. The molecule has 1 aliphatic rings. The van der Waals surface area contributed by atoms with Gasteiger partial charge < -0.3 is 14.7 Å². The van der Waals surface area contributed by atoms with Crippen LogP contribution in [-0.2, 0) is 6.54 Å². The zero-order chi connectivity index (χ0) is 24.1. The molecule has 4 heteroatoms. The molecule has 0 bridgehead atoms.